The molecule has 138 valence electrons. The molecule has 1 amide bonds. The van der Waals surface area contributed by atoms with E-state index >= 15 is 0 Å². The summed E-state index contributed by atoms with van der Waals surface area (Å²) in [4.78, 5) is 18.3. The van der Waals surface area contributed by atoms with Crippen LogP contribution in [0.4, 0.5) is 0 Å². The van der Waals surface area contributed by atoms with Gasteiger partial charge in [-0.3, -0.25) is 9.78 Å². The second kappa shape index (κ2) is 8.16. The van der Waals surface area contributed by atoms with Crippen molar-refractivity contribution >= 4 is 27.5 Å². The van der Waals surface area contributed by atoms with Crippen molar-refractivity contribution in [2.45, 2.75) is 17.7 Å². The standard InChI is InChI=1S/C18H20ClN3O3S/c19-16-1-3-17(4-2-16)26(24,25)21-13-14-7-11-22(12-8-14)18(23)15-5-9-20-10-6-15/h1-6,9-10,14,21H,7-8,11-13H2. The maximum absolute atomic E-state index is 12.4. The van der Waals surface area contributed by atoms with Gasteiger partial charge in [-0.05, 0) is 55.2 Å². The van der Waals surface area contributed by atoms with Gasteiger partial charge in [0.2, 0.25) is 10.0 Å². The van der Waals surface area contributed by atoms with Crippen LogP contribution in [0.2, 0.25) is 5.02 Å². The molecule has 1 N–H and O–H groups in total. The second-order valence-electron chi connectivity index (χ2n) is 6.28. The third-order valence-electron chi connectivity index (χ3n) is 4.51. The van der Waals surface area contributed by atoms with Crippen molar-refractivity contribution in [1.29, 1.82) is 0 Å². The SMILES string of the molecule is O=C(c1ccncc1)N1CCC(CNS(=O)(=O)c2ccc(Cl)cc2)CC1. The minimum atomic E-state index is -3.55. The number of sulfonamides is 1. The number of amides is 1. The van der Waals surface area contributed by atoms with Crippen LogP contribution in [-0.4, -0.2) is 43.8 Å². The van der Waals surface area contributed by atoms with Gasteiger partial charge in [0.25, 0.3) is 5.91 Å². The highest BCUT2D eigenvalue weighted by molar-refractivity contribution is 7.89. The normalized spacial score (nSPS) is 15.8. The van der Waals surface area contributed by atoms with Crippen molar-refractivity contribution in [2.75, 3.05) is 19.6 Å². The summed E-state index contributed by atoms with van der Waals surface area (Å²) in [5.41, 5.74) is 0.627. The third kappa shape index (κ3) is 4.60. The number of hydrogen-bond acceptors (Lipinski definition) is 4. The van der Waals surface area contributed by atoms with Crippen LogP contribution in [0.15, 0.2) is 53.7 Å². The number of pyridine rings is 1. The summed E-state index contributed by atoms with van der Waals surface area (Å²) in [6.45, 7) is 1.60. The maximum Gasteiger partial charge on any atom is 0.253 e. The van der Waals surface area contributed by atoms with Crippen molar-refractivity contribution in [3.63, 3.8) is 0 Å². The molecule has 1 aliphatic heterocycles. The first kappa shape index (κ1) is 18.8. The van der Waals surface area contributed by atoms with Gasteiger partial charge in [-0.25, -0.2) is 13.1 Å². The highest BCUT2D eigenvalue weighted by atomic mass is 35.5. The van der Waals surface area contributed by atoms with E-state index in [1.807, 2.05) is 0 Å². The van der Waals surface area contributed by atoms with Crippen molar-refractivity contribution in [3.8, 4) is 0 Å². The first-order valence-corrected chi connectivity index (χ1v) is 10.3. The van der Waals surface area contributed by atoms with Gasteiger partial charge in [-0.15, -0.1) is 0 Å². The number of aromatic nitrogens is 1. The Kier molecular flexibility index (Phi) is 5.90. The molecule has 1 aromatic heterocycles. The second-order valence-corrected chi connectivity index (χ2v) is 8.48. The molecule has 1 fully saturated rings. The molecule has 1 aliphatic rings. The number of likely N-dealkylation sites (tertiary alicyclic amines) is 1. The van der Waals surface area contributed by atoms with Gasteiger partial charge in [0.15, 0.2) is 0 Å². The van der Waals surface area contributed by atoms with E-state index in [4.69, 9.17) is 11.6 Å². The molecule has 0 spiro atoms. The van der Waals surface area contributed by atoms with Crippen molar-refractivity contribution in [1.82, 2.24) is 14.6 Å². The van der Waals surface area contributed by atoms with Crippen LogP contribution < -0.4 is 4.72 Å². The summed E-state index contributed by atoms with van der Waals surface area (Å²) in [6.07, 6.45) is 4.73. The Morgan fingerprint density at radius 1 is 1.12 bits per heavy atom. The summed E-state index contributed by atoms with van der Waals surface area (Å²) < 4.78 is 27.3. The molecule has 6 nitrogen and oxygen atoms in total. The number of hydrogen-bond donors (Lipinski definition) is 1. The quantitative estimate of drug-likeness (QED) is 0.846. The zero-order chi connectivity index (χ0) is 18.6. The van der Waals surface area contributed by atoms with Crippen LogP contribution in [-0.2, 0) is 10.0 Å². The first-order valence-electron chi connectivity index (χ1n) is 8.40. The average Bonchev–Trinajstić information content (AvgIpc) is 2.67. The maximum atomic E-state index is 12.4. The number of carbonyl (C=O) groups excluding carboxylic acids is 1. The van der Waals surface area contributed by atoms with Crippen molar-refractivity contribution in [2.24, 2.45) is 5.92 Å². The molecule has 0 unspecified atom stereocenters. The summed E-state index contributed by atoms with van der Waals surface area (Å²) in [5, 5.41) is 0.496. The van der Waals surface area contributed by atoms with Gasteiger partial charge in [0, 0.05) is 42.6 Å². The lowest BCUT2D eigenvalue weighted by atomic mass is 9.97. The number of piperidine rings is 1. The average molecular weight is 394 g/mol. The minimum absolute atomic E-state index is 0.00686. The number of benzene rings is 1. The van der Waals surface area contributed by atoms with Gasteiger partial charge in [0.1, 0.15) is 0 Å². The Morgan fingerprint density at radius 2 is 1.73 bits per heavy atom. The molecule has 0 saturated carbocycles. The molecule has 1 saturated heterocycles. The fourth-order valence-electron chi connectivity index (χ4n) is 2.94. The van der Waals surface area contributed by atoms with Gasteiger partial charge in [-0.2, -0.15) is 0 Å². The number of halogens is 1. The zero-order valence-electron chi connectivity index (χ0n) is 14.1. The molecule has 26 heavy (non-hydrogen) atoms. The van der Waals surface area contributed by atoms with E-state index in [0.29, 0.717) is 30.2 Å². The molecule has 0 aliphatic carbocycles. The van der Waals surface area contributed by atoms with Crippen LogP contribution in [0.3, 0.4) is 0 Å². The lowest BCUT2D eigenvalue weighted by Crippen LogP contribution is -2.41. The molecule has 1 aromatic carbocycles. The van der Waals surface area contributed by atoms with Crippen LogP contribution >= 0.6 is 11.6 Å². The Bertz CT molecular complexity index is 849. The predicted octanol–water partition coefficient (Wildman–Crippen LogP) is 2.57. The molecule has 0 bridgehead atoms. The highest BCUT2D eigenvalue weighted by Gasteiger charge is 2.25. The molecule has 2 heterocycles. The Morgan fingerprint density at radius 3 is 2.35 bits per heavy atom. The minimum Gasteiger partial charge on any atom is -0.339 e. The highest BCUT2D eigenvalue weighted by Crippen LogP contribution is 2.20. The van der Waals surface area contributed by atoms with E-state index in [1.165, 1.54) is 12.1 Å². The van der Waals surface area contributed by atoms with Gasteiger partial charge in [0.05, 0.1) is 4.90 Å². The van der Waals surface area contributed by atoms with Gasteiger partial charge < -0.3 is 4.90 Å². The molecular weight excluding hydrogens is 374 g/mol. The van der Waals surface area contributed by atoms with E-state index in [0.717, 1.165) is 12.8 Å². The first-order chi connectivity index (χ1) is 12.5. The summed E-state index contributed by atoms with van der Waals surface area (Å²) >= 11 is 5.79. The molecule has 2 aromatic rings. The van der Waals surface area contributed by atoms with E-state index in [9.17, 15) is 13.2 Å². The number of carbonyl (C=O) groups is 1. The van der Waals surface area contributed by atoms with Crippen LogP contribution in [0, 0.1) is 5.92 Å². The smallest absolute Gasteiger partial charge is 0.253 e. The van der Waals surface area contributed by atoms with E-state index in [2.05, 4.69) is 9.71 Å². The number of nitrogens with zero attached hydrogens (tertiary/aromatic N) is 2. The Hall–Kier alpha value is -1.96. The monoisotopic (exact) mass is 393 g/mol. The van der Waals surface area contributed by atoms with Crippen LogP contribution in [0.25, 0.3) is 0 Å². The Labute approximate surface area is 158 Å². The lowest BCUT2D eigenvalue weighted by molar-refractivity contribution is 0.0692. The third-order valence-corrected chi connectivity index (χ3v) is 6.21. The van der Waals surface area contributed by atoms with Crippen LogP contribution in [0.1, 0.15) is 23.2 Å². The van der Waals surface area contributed by atoms with Gasteiger partial charge >= 0.3 is 0 Å². The summed E-state index contributed by atoms with van der Waals surface area (Å²) in [6, 6.07) is 9.49. The fraction of sp³-hybridized carbons (Fsp3) is 0.333. The van der Waals surface area contributed by atoms with Crippen molar-refractivity contribution in [3.05, 3.63) is 59.4 Å². The number of nitrogens with one attached hydrogen (secondary N) is 1. The zero-order valence-corrected chi connectivity index (χ0v) is 15.7. The van der Waals surface area contributed by atoms with Crippen LogP contribution in [0.5, 0.6) is 0 Å². The topological polar surface area (TPSA) is 79.4 Å². The fourth-order valence-corrected chi connectivity index (χ4v) is 4.18. The van der Waals surface area contributed by atoms with E-state index < -0.39 is 10.0 Å². The summed E-state index contributed by atoms with van der Waals surface area (Å²) in [5.74, 6) is 0.200. The molecule has 0 atom stereocenters. The summed E-state index contributed by atoms with van der Waals surface area (Å²) in [7, 11) is -3.55. The molecular formula is C18H20ClN3O3S. The number of rotatable bonds is 5. The van der Waals surface area contributed by atoms with Crippen molar-refractivity contribution < 1.29 is 13.2 Å². The van der Waals surface area contributed by atoms with Gasteiger partial charge in [-0.1, -0.05) is 11.6 Å². The molecule has 3 rings (SSSR count). The Balaban J connectivity index is 1.51. The van der Waals surface area contributed by atoms with E-state index in [1.54, 1.807) is 41.6 Å². The molecule has 0 radical (unpaired) electrons. The molecule has 8 heteroatoms. The lowest BCUT2D eigenvalue weighted by Gasteiger charge is -2.32. The predicted molar refractivity (Wildman–Crippen MR) is 99.5 cm³/mol. The largest absolute Gasteiger partial charge is 0.339 e. The van der Waals surface area contributed by atoms with E-state index in [-0.39, 0.29) is 16.7 Å².